The Kier molecular flexibility index (Phi) is 30.4. The van der Waals surface area contributed by atoms with Gasteiger partial charge in [0, 0.05) is 91.3 Å². The van der Waals surface area contributed by atoms with Crippen molar-refractivity contribution in [3.63, 3.8) is 0 Å². The van der Waals surface area contributed by atoms with Crippen LogP contribution in [0.2, 0.25) is 0 Å². The number of aliphatic imine (C=N–C) groups is 2. The molecule has 17 aromatic rings. The van der Waals surface area contributed by atoms with Gasteiger partial charge in [0.2, 0.25) is 0 Å². The number of carbonyl (C=O) groups is 2. The predicted octanol–water partition coefficient (Wildman–Crippen LogP) is 20.6. The third-order valence-electron chi connectivity index (χ3n) is 18.9. The van der Waals surface area contributed by atoms with Gasteiger partial charge in [0.15, 0.2) is 23.1 Å². The normalized spacial score (nSPS) is 10.7. The number of non-ortho nitro benzene ring substituents is 2. The number of ether oxygens (including phenoxy) is 4. The van der Waals surface area contributed by atoms with Crippen LogP contribution in [0.4, 0.5) is 34.1 Å². The van der Waals surface area contributed by atoms with E-state index < -0.39 is 9.85 Å². The number of hydrogen-bond donors (Lipinski definition) is 2. The topological polar surface area (TPSA) is 370 Å². The third-order valence-corrected chi connectivity index (χ3v) is 18.9. The number of ketones is 2. The Bertz CT molecular complexity index is 6380. The van der Waals surface area contributed by atoms with Crippen LogP contribution in [0.25, 0.3) is 44.5 Å². The van der Waals surface area contributed by atoms with E-state index in [1.807, 2.05) is 194 Å². The molecule has 0 saturated heterocycles. The molecule has 2 aromatic heterocycles. The number of carbonyl (C=O) groups excluding carboxylic acids is 2. The fourth-order valence-electron chi connectivity index (χ4n) is 12.9. The van der Waals surface area contributed by atoms with Gasteiger partial charge in [-0.15, -0.1) is 0 Å². The van der Waals surface area contributed by atoms with E-state index in [4.69, 9.17) is 54.7 Å². The number of nitrogens with two attached hydrogens (primary N) is 2. The van der Waals surface area contributed by atoms with Crippen LogP contribution in [0.3, 0.4) is 0 Å². The van der Waals surface area contributed by atoms with E-state index in [2.05, 4.69) is 65.8 Å². The molecule has 3 heterocycles. The first-order valence-corrected chi connectivity index (χ1v) is 38.0. The second-order valence-electron chi connectivity index (χ2n) is 27.2. The number of methoxy groups -OCH3 is 1. The summed E-state index contributed by atoms with van der Waals surface area (Å²) in [5.74, 6) is 4.93. The first-order valence-electron chi connectivity index (χ1n) is 38.0. The van der Waals surface area contributed by atoms with Crippen LogP contribution in [-0.2, 0) is 6.42 Å². The molecule has 1 aliphatic rings. The van der Waals surface area contributed by atoms with Crippen LogP contribution < -0.4 is 60.0 Å². The summed E-state index contributed by atoms with van der Waals surface area (Å²) in [4.78, 5) is 55.9. The predicted molar refractivity (Wildman–Crippen MR) is 474 cm³/mol. The number of nitrogens with zero attached hydrogens (tertiary/aromatic N) is 7. The maximum Gasteiger partial charge on any atom is 1.00 e. The largest absolute Gasteiger partial charge is 1.00 e. The molecule has 0 radical (unpaired) electrons. The smallest absolute Gasteiger partial charge is 0.870 e. The molecule has 0 amide bonds. The van der Waals surface area contributed by atoms with Gasteiger partial charge in [-0.2, -0.15) is 5.26 Å². The van der Waals surface area contributed by atoms with Crippen molar-refractivity contribution in [2.75, 3.05) is 18.6 Å². The number of fused-ring (bicyclic) bond motifs is 4. The van der Waals surface area contributed by atoms with Crippen LogP contribution in [0.1, 0.15) is 65.2 Å². The summed E-state index contributed by atoms with van der Waals surface area (Å²) in [6.07, 6.45) is 0.515. The van der Waals surface area contributed by atoms with Gasteiger partial charge >= 0.3 is 29.6 Å². The number of aryl methyl sites for hydroxylation is 1. The zero-order chi connectivity index (χ0) is 84.0. The van der Waals surface area contributed by atoms with Gasteiger partial charge in [0.25, 0.3) is 11.4 Å². The minimum absolute atomic E-state index is 0. The summed E-state index contributed by atoms with van der Waals surface area (Å²) < 4.78 is 34.2. The Morgan fingerprint density at radius 3 is 1.11 bits per heavy atom. The number of nitro groups is 2. The first-order chi connectivity index (χ1) is 59.1. The van der Waals surface area contributed by atoms with Crippen molar-refractivity contribution >= 4 is 78.9 Å². The Labute approximate surface area is 734 Å². The van der Waals surface area contributed by atoms with E-state index in [1.54, 1.807) is 92.0 Å². The summed E-state index contributed by atoms with van der Waals surface area (Å²) in [6, 6.07) is 115. The number of nitriles is 1. The quantitative estimate of drug-likeness (QED) is 0.0265. The number of nitro benzene ring substituents is 2. The fourth-order valence-corrected chi connectivity index (χ4v) is 12.9. The van der Waals surface area contributed by atoms with Crippen molar-refractivity contribution in [3.05, 3.63) is 446 Å². The van der Waals surface area contributed by atoms with E-state index in [-0.39, 0.29) is 63.5 Å². The third kappa shape index (κ3) is 22.3. The van der Waals surface area contributed by atoms with Gasteiger partial charge < -0.3 is 50.4 Å². The molecule has 606 valence electrons. The fraction of sp³-hybridized carbons (Fsp3) is 0.0300. The van der Waals surface area contributed by atoms with E-state index in [0.29, 0.717) is 74.5 Å². The summed E-state index contributed by atoms with van der Waals surface area (Å²) in [5, 5.41) is 39.4. The maximum absolute atomic E-state index is 12.8. The van der Waals surface area contributed by atoms with Gasteiger partial charge in [0.05, 0.1) is 63.0 Å². The molecule has 15 aromatic carbocycles. The van der Waals surface area contributed by atoms with Crippen molar-refractivity contribution in [2.45, 2.75) is 13.3 Å². The van der Waals surface area contributed by atoms with E-state index in [0.717, 1.165) is 101 Å². The zero-order valence-corrected chi connectivity index (χ0v) is 69.0. The number of nitrogen functional groups attached to an aromatic ring is 2. The Hall–Kier alpha value is -16.1. The second-order valence-corrected chi connectivity index (χ2v) is 27.2. The number of hydrogen-bond acceptors (Lipinski definition) is 21. The molecule has 0 spiro atoms. The molecule has 124 heavy (non-hydrogen) atoms. The molecule has 0 saturated carbocycles. The molecule has 23 nitrogen and oxygen atoms in total. The molecule has 0 atom stereocenters. The van der Waals surface area contributed by atoms with Gasteiger partial charge in [-0.3, -0.25) is 29.8 Å². The first kappa shape index (κ1) is 88.7. The van der Waals surface area contributed by atoms with Gasteiger partial charge in [0.1, 0.15) is 51.3 Å². The molecule has 18 rings (SSSR count). The van der Waals surface area contributed by atoms with Gasteiger partial charge in [-0.25, -0.2) is 9.98 Å². The van der Waals surface area contributed by atoms with Crippen LogP contribution in [-0.4, -0.2) is 61.2 Å². The van der Waals surface area contributed by atoms with Crippen molar-refractivity contribution in [3.8, 4) is 69.0 Å². The van der Waals surface area contributed by atoms with E-state index >= 15 is 0 Å². The number of anilines is 2. The number of benzene rings is 15. The second kappa shape index (κ2) is 42.5. The summed E-state index contributed by atoms with van der Waals surface area (Å²) >= 11 is 0. The van der Waals surface area contributed by atoms with E-state index in [1.165, 1.54) is 54.1 Å². The van der Waals surface area contributed by atoms with Crippen LogP contribution in [0.5, 0.6) is 40.2 Å². The average Bonchev–Trinajstić information content (AvgIpc) is 1.28. The maximum atomic E-state index is 12.8. The van der Waals surface area contributed by atoms with Crippen LogP contribution >= 0.6 is 0 Å². The van der Waals surface area contributed by atoms with Crippen molar-refractivity contribution in [2.24, 2.45) is 9.98 Å². The molecule has 6 N–H and O–H groups in total. The average molecular weight is 1650 g/mol. The standard InChI is InChI=1S/C28H22N2O.C26H16N2O3.C26H20N2O3.C12H8N2O5.C8H7N.Na.2H2O/c1-19-13-15-25-23(17-19)27(20-9-5-3-6-10-20)30-26-16-14-22(31-2)18-24(26)28(29-25)21-11-7-4-8-12-21;1-3-7-17(8-4-1)25-21-15-19(11-13-23(21)27-30-25)29-20-12-14-24-22(16-20)26(31-28-24)18-9-5-2-6-10-18;27-23-13-11-19(15-21(23)25(29)17-7-3-1-4-8-17)31-20-12-14-24(28)22(16-20)26(30)18-9-5-2-6-10-18;15-13(16)9-1-5-11(6-2-9)19-12-7-3-10(4-8-12)14(17)18;9-7-6-8-4-2-1-3-5-8;;;/h3-18H,1-2H3;1-16H;1-16H,27-28H2;1-8H;1-5H,6H2;;2*1H2/q;;;;;+1;;/p-2. The van der Waals surface area contributed by atoms with Crippen molar-refractivity contribution in [1.82, 2.24) is 10.3 Å². The minimum Gasteiger partial charge on any atom is -0.870 e. The zero-order valence-electron chi connectivity index (χ0n) is 67.0. The summed E-state index contributed by atoms with van der Waals surface area (Å²) in [7, 11) is 1.68. The van der Waals surface area contributed by atoms with Crippen LogP contribution in [0, 0.1) is 38.5 Å². The molecule has 1 aliphatic heterocycles. The van der Waals surface area contributed by atoms with Crippen molar-refractivity contribution in [1.29, 1.82) is 5.26 Å². The van der Waals surface area contributed by atoms with Crippen LogP contribution in [0.15, 0.2) is 389 Å². The minimum atomic E-state index is -0.504. The number of rotatable bonds is 18. The molecule has 0 unspecified atom stereocenters. The Morgan fingerprint density at radius 2 is 0.726 bits per heavy atom. The monoisotopic (exact) mass is 1650 g/mol. The molecular formula is C100H75N9NaO14-. The summed E-state index contributed by atoms with van der Waals surface area (Å²) in [5.41, 5.74) is 27.9. The molecule has 0 aliphatic carbocycles. The van der Waals surface area contributed by atoms with Gasteiger partial charge in [-0.1, -0.05) is 234 Å². The molecule has 24 heteroatoms. The molecule has 0 fully saturated rings. The SMILES string of the molecule is COc1ccc2c(c1)C(c1ccccc1)=Nc1ccc(C)cc1C(c1ccccc1)=N2.N#CCc1ccccc1.Nc1ccc(Oc2ccc(N)c(C(=O)c3ccccc3)c2)cc1C(=O)c1ccccc1.O=[N+]([O-])c1ccc(Oc2ccc([N+](=O)[O-])cc2)cc1.[Na+].[OH-].[OH-].c1ccc(-c2onc3ccc(Oc4ccc5noc(-c6ccccc6)c5c4)cc23)cc1. The van der Waals surface area contributed by atoms with Gasteiger partial charge in [-0.05, 0) is 140 Å². The summed E-state index contributed by atoms with van der Waals surface area (Å²) in [6.45, 7) is 2.10. The van der Waals surface area contributed by atoms with Crippen molar-refractivity contribution < 1.29 is 87.9 Å². The molecule has 0 bridgehead atoms. The Balaban J connectivity index is 0.000000156. The number of aromatic nitrogens is 2. The molecular weight excluding hydrogens is 1570 g/mol. The van der Waals surface area contributed by atoms with E-state index in [9.17, 15) is 29.8 Å². The Morgan fingerprint density at radius 1 is 0.395 bits per heavy atom.